The van der Waals surface area contributed by atoms with Gasteiger partial charge in [-0.2, -0.15) is 0 Å². The molecule has 2 heteroatoms. The third-order valence-corrected chi connectivity index (χ3v) is 3.94. The normalized spacial score (nSPS) is 13.5. The molecule has 1 aliphatic carbocycles. The van der Waals surface area contributed by atoms with E-state index < -0.39 is 0 Å². The third-order valence-electron chi connectivity index (χ3n) is 3.94. The Labute approximate surface area is 127 Å². The Balaban J connectivity index is 1.65. The van der Waals surface area contributed by atoms with Gasteiger partial charge in [-0.1, -0.05) is 32.0 Å². The van der Waals surface area contributed by atoms with Gasteiger partial charge in [-0.05, 0) is 60.2 Å². The predicted octanol–water partition coefficient (Wildman–Crippen LogP) is 4.47. The van der Waals surface area contributed by atoms with E-state index in [0.717, 1.165) is 18.0 Å². The number of benzene rings is 2. The second kappa shape index (κ2) is 6.31. The molecule has 2 nitrogen and oxygen atoms in total. The average molecular weight is 281 g/mol. The first-order valence-corrected chi connectivity index (χ1v) is 7.83. The van der Waals surface area contributed by atoms with Crippen LogP contribution in [0.15, 0.2) is 42.5 Å². The minimum Gasteiger partial charge on any atom is -0.457 e. The topological polar surface area (TPSA) is 21.3 Å². The number of hydrogen-bond donors (Lipinski definition) is 1. The Morgan fingerprint density at radius 2 is 1.67 bits per heavy atom. The number of ether oxygens (including phenoxy) is 1. The van der Waals surface area contributed by atoms with Crippen molar-refractivity contribution in [1.82, 2.24) is 5.32 Å². The van der Waals surface area contributed by atoms with Crippen molar-refractivity contribution in [3.8, 4) is 11.5 Å². The van der Waals surface area contributed by atoms with Crippen LogP contribution in [-0.4, -0.2) is 6.04 Å². The average Bonchev–Trinajstić information content (AvgIpc) is 2.94. The van der Waals surface area contributed by atoms with Crippen molar-refractivity contribution in [3.05, 3.63) is 59.2 Å². The molecule has 0 unspecified atom stereocenters. The van der Waals surface area contributed by atoms with Gasteiger partial charge in [0.15, 0.2) is 0 Å². The summed E-state index contributed by atoms with van der Waals surface area (Å²) in [5.41, 5.74) is 4.22. The standard InChI is InChI=1S/C19H23NO/c1-14(2)20-13-15-6-9-18(10-7-15)21-19-11-8-16-4-3-5-17(16)12-19/h6-12,14,20H,3-5,13H2,1-2H3. The van der Waals surface area contributed by atoms with Crippen LogP contribution in [0.5, 0.6) is 11.5 Å². The molecule has 1 aliphatic rings. The molecule has 0 aliphatic heterocycles. The molecule has 0 aromatic heterocycles. The van der Waals surface area contributed by atoms with E-state index in [1.807, 2.05) is 12.1 Å². The van der Waals surface area contributed by atoms with E-state index in [0.29, 0.717) is 6.04 Å². The fourth-order valence-corrected chi connectivity index (χ4v) is 2.75. The van der Waals surface area contributed by atoms with Crippen LogP contribution >= 0.6 is 0 Å². The maximum absolute atomic E-state index is 5.96. The fraction of sp³-hybridized carbons (Fsp3) is 0.368. The monoisotopic (exact) mass is 281 g/mol. The highest BCUT2D eigenvalue weighted by Crippen LogP contribution is 2.29. The van der Waals surface area contributed by atoms with Crippen molar-refractivity contribution in [3.63, 3.8) is 0 Å². The summed E-state index contributed by atoms with van der Waals surface area (Å²) in [6.45, 7) is 5.22. The van der Waals surface area contributed by atoms with Gasteiger partial charge in [0.25, 0.3) is 0 Å². The van der Waals surface area contributed by atoms with Gasteiger partial charge in [-0.3, -0.25) is 0 Å². The SMILES string of the molecule is CC(C)NCc1ccc(Oc2ccc3c(c2)CCC3)cc1. The first-order valence-electron chi connectivity index (χ1n) is 7.83. The molecule has 0 radical (unpaired) electrons. The van der Waals surface area contributed by atoms with Crippen LogP contribution in [0.25, 0.3) is 0 Å². The summed E-state index contributed by atoms with van der Waals surface area (Å²) in [6.07, 6.45) is 3.68. The van der Waals surface area contributed by atoms with Gasteiger partial charge in [0, 0.05) is 12.6 Å². The number of fused-ring (bicyclic) bond motifs is 1. The lowest BCUT2D eigenvalue weighted by Gasteiger charge is -2.10. The zero-order valence-corrected chi connectivity index (χ0v) is 12.9. The van der Waals surface area contributed by atoms with E-state index in [1.165, 1.54) is 36.0 Å². The van der Waals surface area contributed by atoms with Crippen molar-refractivity contribution in [2.45, 2.75) is 45.7 Å². The van der Waals surface area contributed by atoms with Crippen LogP contribution in [0.4, 0.5) is 0 Å². The molecule has 0 saturated heterocycles. The van der Waals surface area contributed by atoms with Gasteiger partial charge in [0.1, 0.15) is 11.5 Å². The smallest absolute Gasteiger partial charge is 0.127 e. The minimum absolute atomic E-state index is 0.507. The van der Waals surface area contributed by atoms with E-state index >= 15 is 0 Å². The molecule has 1 N–H and O–H groups in total. The van der Waals surface area contributed by atoms with Crippen molar-refractivity contribution in [1.29, 1.82) is 0 Å². The molecule has 0 bridgehead atoms. The van der Waals surface area contributed by atoms with Crippen molar-refractivity contribution in [2.75, 3.05) is 0 Å². The molecule has 2 aromatic carbocycles. The van der Waals surface area contributed by atoms with Crippen molar-refractivity contribution in [2.24, 2.45) is 0 Å². The molecule has 3 rings (SSSR count). The molecule has 2 aromatic rings. The molecule has 0 atom stereocenters. The van der Waals surface area contributed by atoms with E-state index in [2.05, 4.69) is 49.5 Å². The van der Waals surface area contributed by atoms with Gasteiger partial charge in [-0.25, -0.2) is 0 Å². The van der Waals surface area contributed by atoms with Crippen LogP contribution in [0, 0.1) is 0 Å². The number of hydrogen-bond acceptors (Lipinski definition) is 2. The minimum atomic E-state index is 0.507. The Bertz CT molecular complexity index is 601. The lowest BCUT2D eigenvalue weighted by Crippen LogP contribution is -2.21. The van der Waals surface area contributed by atoms with E-state index in [1.54, 1.807) is 0 Å². The van der Waals surface area contributed by atoms with E-state index in [-0.39, 0.29) is 0 Å². The Kier molecular flexibility index (Phi) is 4.26. The largest absolute Gasteiger partial charge is 0.457 e. The lowest BCUT2D eigenvalue weighted by molar-refractivity contribution is 0.481. The van der Waals surface area contributed by atoms with E-state index in [4.69, 9.17) is 4.74 Å². The van der Waals surface area contributed by atoms with Crippen LogP contribution in [0.2, 0.25) is 0 Å². The highest BCUT2D eigenvalue weighted by molar-refractivity contribution is 5.40. The molecule has 0 saturated carbocycles. The third kappa shape index (κ3) is 3.64. The fourth-order valence-electron chi connectivity index (χ4n) is 2.75. The number of aryl methyl sites for hydroxylation is 2. The maximum Gasteiger partial charge on any atom is 0.127 e. The number of nitrogens with one attached hydrogen (secondary N) is 1. The van der Waals surface area contributed by atoms with Crippen molar-refractivity contribution < 1.29 is 4.74 Å². The Hall–Kier alpha value is -1.80. The molecule has 110 valence electrons. The zero-order chi connectivity index (χ0) is 14.7. The molecule has 21 heavy (non-hydrogen) atoms. The first kappa shape index (κ1) is 14.2. The maximum atomic E-state index is 5.96. The summed E-state index contributed by atoms with van der Waals surface area (Å²) in [5.74, 6) is 1.85. The molecule has 0 fully saturated rings. The summed E-state index contributed by atoms with van der Waals surface area (Å²) in [4.78, 5) is 0. The van der Waals surface area contributed by atoms with Crippen LogP contribution in [-0.2, 0) is 19.4 Å². The lowest BCUT2D eigenvalue weighted by atomic mass is 10.1. The Morgan fingerprint density at radius 1 is 0.952 bits per heavy atom. The van der Waals surface area contributed by atoms with Gasteiger partial charge in [0.05, 0.1) is 0 Å². The van der Waals surface area contributed by atoms with Crippen molar-refractivity contribution >= 4 is 0 Å². The molecule has 0 spiro atoms. The molecular weight excluding hydrogens is 258 g/mol. The van der Waals surface area contributed by atoms with E-state index in [9.17, 15) is 0 Å². The molecule has 0 heterocycles. The predicted molar refractivity (Wildman–Crippen MR) is 87.0 cm³/mol. The van der Waals surface area contributed by atoms with Gasteiger partial charge >= 0.3 is 0 Å². The highest BCUT2D eigenvalue weighted by atomic mass is 16.5. The Morgan fingerprint density at radius 3 is 2.43 bits per heavy atom. The molecule has 0 amide bonds. The summed E-state index contributed by atoms with van der Waals surface area (Å²) >= 11 is 0. The molecular formula is C19H23NO. The van der Waals surface area contributed by atoms with Gasteiger partial charge in [-0.15, -0.1) is 0 Å². The summed E-state index contributed by atoms with van der Waals surface area (Å²) in [5, 5.41) is 3.42. The highest BCUT2D eigenvalue weighted by Gasteiger charge is 2.11. The first-order chi connectivity index (χ1) is 10.2. The summed E-state index contributed by atoms with van der Waals surface area (Å²) in [6, 6.07) is 15.3. The quantitative estimate of drug-likeness (QED) is 0.873. The summed E-state index contributed by atoms with van der Waals surface area (Å²) < 4.78 is 5.96. The zero-order valence-electron chi connectivity index (χ0n) is 12.9. The van der Waals surface area contributed by atoms with Crippen LogP contribution in [0.3, 0.4) is 0 Å². The van der Waals surface area contributed by atoms with Crippen LogP contribution in [0.1, 0.15) is 37.0 Å². The van der Waals surface area contributed by atoms with Crippen LogP contribution < -0.4 is 10.1 Å². The summed E-state index contributed by atoms with van der Waals surface area (Å²) in [7, 11) is 0. The number of rotatable bonds is 5. The van der Waals surface area contributed by atoms with Gasteiger partial charge < -0.3 is 10.1 Å². The van der Waals surface area contributed by atoms with Gasteiger partial charge in [0.2, 0.25) is 0 Å². The second-order valence-electron chi connectivity index (χ2n) is 6.07. The second-order valence-corrected chi connectivity index (χ2v) is 6.07.